The van der Waals surface area contributed by atoms with Gasteiger partial charge in [0.25, 0.3) is 0 Å². The first kappa shape index (κ1) is 13.5. The third-order valence-electron chi connectivity index (χ3n) is 3.47. The SMILES string of the molecule is CNC(c1cc2c(cc1Br)OCCO2)c1ccoc1C. The maximum atomic E-state index is 5.66. The second kappa shape index (κ2) is 5.50. The number of aryl methyl sites for hydroxylation is 1. The van der Waals surface area contributed by atoms with Crippen LogP contribution in [0.25, 0.3) is 0 Å². The van der Waals surface area contributed by atoms with Gasteiger partial charge in [0.05, 0.1) is 12.3 Å². The van der Waals surface area contributed by atoms with Crippen LogP contribution in [-0.4, -0.2) is 20.3 Å². The Morgan fingerprint density at radius 3 is 2.45 bits per heavy atom. The van der Waals surface area contributed by atoms with Gasteiger partial charge < -0.3 is 19.2 Å². The van der Waals surface area contributed by atoms with Gasteiger partial charge in [-0.2, -0.15) is 0 Å². The highest BCUT2D eigenvalue weighted by Gasteiger charge is 2.22. The van der Waals surface area contributed by atoms with Crippen LogP contribution in [0.15, 0.2) is 33.4 Å². The van der Waals surface area contributed by atoms with Crippen LogP contribution in [0, 0.1) is 6.92 Å². The number of furan rings is 1. The first-order valence-electron chi connectivity index (χ1n) is 6.51. The molecule has 1 unspecified atom stereocenters. The Balaban J connectivity index is 2.06. The van der Waals surface area contributed by atoms with E-state index in [1.807, 2.05) is 32.2 Å². The van der Waals surface area contributed by atoms with E-state index in [1.165, 1.54) is 0 Å². The first-order valence-corrected chi connectivity index (χ1v) is 7.30. The molecular formula is C15H16BrNO3. The molecule has 1 atom stereocenters. The first-order chi connectivity index (χ1) is 9.70. The van der Waals surface area contributed by atoms with E-state index in [-0.39, 0.29) is 6.04 Å². The zero-order valence-electron chi connectivity index (χ0n) is 11.4. The number of nitrogens with one attached hydrogen (secondary N) is 1. The van der Waals surface area contributed by atoms with Crippen LogP contribution >= 0.6 is 15.9 Å². The van der Waals surface area contributed by atoms with Crippen LogP contribution in [0.4, 0.5) is 0 Å². The molecule has 2 heterocycles. The largest absolute Gasteiger partial charge is 0.486 e. The molecule has 0 aliphatic carbocycles. The molecule has 0 saturated heterocycles. The van der Waals surface area contributed by atoms with Gasteiger partial charge in [0, 0.05) is 10.0 Å². The van der Waals surface area contributed by atoms with Crippen molar-refractivity contribution in [3.05, 3.63) is 45.8 Å². The van der Waals surface area contributed by atoms with Crippen molar-refractivity contribution in [1.29, 1.82) is 0 Å². The Bertz CT molecular complexity index is 624. The number of ether oxygens (including phenoxy) is 2. The monoisotopic (exact) mass is 337 g/mol. The van der Waals surface area contributed by atoms with Crippen molar-refractivity contribution < 1.29 is 13.9 Å². The van der Waals surface area contributed by atoms with Crippen molar-refractivity contribution >= 4 is 15.9 Å². The minimum Gasteiger partial charge on any atom is -0.486 e. The van der Waals surface area contributed by atoms with Gasteiger partial charge >= 0.3 is 0 Å². The van der Waals surface area contributed by atoms with Crippen LogP contribution < -0.4 is 14.8 Å². The van der Waals surface area contributed by atoms with E-state index in [9.17, 15) is 0 Å². The van der Waals surface area contributed by atoms with Gasteiger partial charge in [-0.25, -0.2) is 0 Å². The van der Waals surface area contributed by atoms with Crippen molar-refractivity contribution in [3.8, 4) is 11.5 Å². The predicted octanol–water partition coefficient (Wildman–Crippen LogP) is 3.43. The zero-order chi connectivity index (χ0) is 14.1. The number of fused-ring (bicyclic) bond motifs is 1. The lowest BCUT2D eigenvalue weighted by atomic mass is 9.99. The van der Waals surface area contributed by atoms with Crippen LogP contribution in [0.2, 0.25) is 0 Å². The Morgan fingerprint density at radius 2 is 1.85 bits per heavy atom. The standard InChI is InChI=1S/C15H16BrNO3/c1-9-10(3-4-18-9)15(17-2)11-7-13-14(8-12(11)16)20-6-5-19-13/h3-4,7-8,15,17H,5-6H2,1-2H3. The van der Waals surface area contributed by atoms with Crippen molar-refractivity contribution in [2.24, 2.45) is 0 Å². The molecule has 4 nitrogen and oxygen atoms in total. The quantitative estimate of drug-likeness (QED) is 0.931. The van der Waals surface area contributed by atoms with Crippen molar-refractivity contribution in [3.63, 3.8) is 0 Å². The minimum atomic E-state index is 0.0407. The van der Waals surface area contributed by atoms with E-state index < -0.39 is 0 Å². The second-order valence-electron chi connectivity index (χ2n) is 4.67. The molecule has 1 aliphatic heterocycles. The van der Waals surface area contributed by atoms with Gasteiger partial charge in [0.15, 0.2) is 11.5 Å². The van der Waals surface area contributed by atoms with Gasteiger partial charge in [-0.1, -0.05) is 15.9 Å². The van der Waals surface area contributed by atoms with Gasteiger partial charge in [0.1, 0.15) is 19.0 Å². The lowest BCUT2D eigenvalue weighted by Gasteiger charge is -2.23. The minimum absolute atomic E-state index is 0.0407. The van der Waals surface area contributed by atoms with Crippen molar-refractivity contribution in [2.75, 3.05) is 20.3 Å². The predicted molar refractivity (Wildman–Crippen MR) is 79.5 cm³/mol. The maximum absolute atomic E-state index is 5.66. The molecule has 2 aromatic rings. The third-order valence-corrected chi connectivity index (χ3v) is 4.16. The molecule has 20 heavy (non-hydrogen) atoms. The summed E-state index contributed by atoms with van der Waals surface area (Å²) in [6, 6.07) is 6.01. The molecule has 1 N–H and O–H groups in total. The Labute approximate surface area is 126 Å². The lowest BCUT2D eigenvalue weighted by Crippen LogP contribution is -2.20. The molecular weight excluding hydrogens is 322 g/mol. The summed E-state index contributed by atoms with van der Waals surface area (Å²) in [6.07, 6.45) is 1.71. The Kier molecular flexibility index (Phi) is 3.72. The number of rotatable bonds is 3. The van der Waals surface area contributed by atoms with Crippen molar-refractivity contribution in [1.82, 2.24) is 5.32 Å². The summed E-state index contributed by atoms with van der Waals surface area (Å²) >= 11 is 3.62. The van der Waals surface area contributed by atoms with E-state index in [0.717, 1.165) is 32.9 Å². The molecule has 0 spiro atoms. The summed E-state index contributed by atoms with van der Waals surface area (Å²) in [5, 5.41) is 3.32. The van der Waals surface area contributed by atoms with E-state index in [0.29, 0.717) is 13.2 Å². The Hall–Kier alpha value is -1.46. The van der Waals surface area contributed by atoms with Gasteiger partial charge in [0.2, 0.25) is 0 Å². The summed E-state index contributed by atoms with van der Waals surface area (Å²) in [5.41, 5.74) is 2.21. The van der Waals surface area contributed by atoms with Gasteiger partial charge in [-0.05, 0) is 37.7 Å². The fourth-order valence-electron chi connectivity index (χ4n) is 2.47. The molecule has 106 valence electrons. The number of benzene rings is 1. The topological polar surface area (TPSA) is 43.6 Å². The second-order valence-corrected chi connectivity index (χ2v) is 5.53. The average molecular weight is 338 g/mol. The molecule has 1 aliphatic rings. The van der Waals surface area contributed by atoms with Crippen molar-refractivity contribution in [2.45, 2.75) is 13.0 Å². The van der Waals surface area contributed by atoms with Crippen LogP contribution in [0.1, 0.15) is 22.9 Å². The summed E-state index contributed by atoms with van der Waals surface area (Å²) < 4.78 is 17.7. The summed E-state index contributed by atoms with van der Waals surface area (Å²) in [6.45, 7) is 3.14. The van der Waals surface area contributed by atoms with E-state index in [2.05, 4.69) is 21.2 Å². The van der Waals surface area contributed by atoms with Gasteiger partial charge in [-0.3, -0.25) is 0 Å². The molecule has 0 amide bonds. The molecule has 5 heteroatoms. The molecule has 1 aromatic heterocycles. The normalized spacial score (nSPS) is 15.2. The average Bonchev–Trinajstić information content (AvgIpc) is 2.87. The molecule has 3 rings (SSSR count). The third kappa shape index (κ3) is 2.31. The zero-order valence-corrected chi connectivity index (χ0v) is 13.0. The maximum Gasteiger partial charge on any atom is 0.162 e. The lowest BCUT2D eigenvalue weighted by molar-refractivity contribution is 0.171. The highest BCUT2D eigenvalue weighted by Crippen LogP contribution is 2.39. The molecule has 1 aromatic carbocycles. The molecule has 0 fully saturated rings. The molecule has 0 radical (unpaired) electrons. The van der Waals surface area contributed by atoms with Gasteiger partial charge in [-0.15, -0.1) is 0 Å². The van der Waals surface area contributed by atoms with Crippen LogP contribution in [0.3, 0.4) is 0 Å². The van der Waals surface area contributed by atoms with Crippen LogP contribution in [-0.2, 0) is 0 Å². The fourth-order valence-corrected chi connectivity index (χ4v) is 3.03. The van der Waals surface area contributed by atoms with E-state index in [1.54, 1.807) is 6.26 Å². The van der Waals surface area contributed by atoms with Crippen LogP contribution in [0.5, 0.6) is 11.5 Å². The summed E-state index contributed by atoms with van der Waals surface area (Å²) in [5.74, 6) is 2.48. The highest BCUT2D eigenvalue weighted by atomic mass is 79.9. The number of hydrogen-bond donors (Lipinski definition) is 1. The summed E-state index contributed by atoms with van der Waals surface area (Å²) in [7, 11) is 1.93. The highest BCUT2D eigenvalue weighted by molar-refractivity contribution is 9.10. The van der Waals surface area contributed by atoms with E-state index >= 15 is 0 Å². The fraction of sp³-hybridized carbons (Fsp3) is 0.333. The molecule has 0 bridgehead atoms. The number of halogens is 1. The number of hydrogen-bond acceptors (Lipinski definition) is 4. The summed E-state index contributed by atoms with van der Waals surface area (Å²) in [4.78, 5) is 0. The Morgan fingerprint density at radius 1 is 1.15 bits per heavy atom. The molecule has 0 saturated carbocycles. The smallest absolute Gasteiger partial charge is 0.162 e. The van der Waals surface area contributed by atoms with E-state index in [4.69, 9.17) is 13.9 Å².